The average molecular weight is 236 g/mol. The highest BCUT2D eigenvalue weighted by Crippen LogP contribution is 2.44. The van der Waals surface area contributed by atoms with Crippen LogP contribution in [0.2, 0.25) is 0 Å². The summed E-state index contributed by atoms with van der Waals surface area (Å²) in [5.74, 6) is 2.16. The third kappa shape index (κ3) is 2.49. The molecule has 0 aromatic rings. The van der Waals surface area contributed by atoms with Crippen molar-refractivity contribution in [3.63, 3.8) is 0 Å². The third-order valence-corrected chi connectivity index (χ3v) is 4.96. The maximum Gasteiger partial charge on any atom is 0.236 e. The summed E-state index contributed by atoms with van der Waals surface area (Å²) < 4.78 is 0. The number of nitrogens with zero attached hydrogens (tertiary/aromatic N) is 1. The number of carbonyl (C=O) groups is 1. The molecule has 1 aliphatic heterocycles. The molecule has 0 radical (unpaired) electrons. The second-order valence-corrected chi connectivity index (χ2v) is 6.10. The van der Waals surface area contributed by atoms with Crippen molar-refractivity contribution in [3.8, 4) is 0 Å². The molecule has 0 aromatic carbocycles. The molecule has 0 aromatic heterocycles. The van der Waals surface area contributed by atoms with Crippen LogP contribution in [0.4, 0.5) is 0 Å². The van der Waals surface area contributed by atoms with Gasteiger partial charge in [-0.25, -0.2) is 0 Å². The van der Waals surface area contributed by atoms with E-state index in [0.29, 0.717) is 18.5 Å². The summed E-state index contributed by atoms with van der Waals surface area (Å²) in [5, 5.41) is 3.52. The molecule has 3 atom stereocenters. The van der Waals surface area contributed by atoms with Crippen LogP contribution in [-0.4, -0.2) is 36.5 Å². The van der Waals surface area contributed by atoms with Gasteiger partial charge in [0.05, 0.1) is 6.54 Å². The van der Waals surface area contributed by atoms with E-state index < -0.39 is 0 Å². The lowest BCUT2D eigenvalue weighted by molar-refractivity contribution is -0.131. The molecule has 2 bridgehead atoms. The lowest BCUT2D eigenvalue weighted by atomic mass is 9.95. The Morgan fingerprint density at radius 3 is 2.59 bits per heavy atom. The van der Waals surface area contributed by atoms with Crippen LogP contribution < -0.4 is 5.32 Å². The Balaban J connectivity index is 1.43. The van der Waals surface area contributed by atoms with Gasteiger partial charge in [0.2, 0.25) is 5.91 Å². The Hall–Kier alpha value is -0.570. The van der Waals surface area contributed by atoms with Crippen molar-refractivity contribution < 1.29 is 4.79 Å². The number of nitrogens with one attached hydrogen (secondary N) is 1. The van der Waals surface area contributed by atoms with E-state index in [1.807, 2.05) is 4.90 Å². The molecule has 1 heterocycles. The number of rotatable bonds is 3. The topological polar surface area (TPSA) is 32.3 Å². The van der Waals surface area contributed by atoms with Gasteiger partial charge in [-0.2, -0.15) is 0 Å². The minimum atomic E-state index is 0.326. The van der Waals surface area contributed by atoms with E-state index in [-0.39, 0.29) is 0 Å². The van der Waals surface area contributed by atoms with Crippen LogP contribution in [0, 0.1) is 11.8 Å². The van der Waals surface area contributed by atoms with Gasteiger partial charge in [0.25, 0.3) is 0 Å². The van der Waals surface area contributed by atoms with Gasteiger partial charge < -0.3 is 10.2 Å². The van der Waals surface area contributed by atoms with E-state index >= 15 is 0 Å². The first-order valence-corrected chi connectivity index (χ1v) is 7.34. The van der Waals surface area contributed by atoms with E-state index in [2.05, 4.69) is 5.32 Å². The van der Waals surface area contributed by atoms with Crippen LogP contribution in [-0.2, 0) is 4.79 Å². The van der Waals surface area contributed by atoms with Crippen molar-refractivity contribution in [3.05, 3.63) is 0 Å². The summed E-state index contributed by atoms with van der Waals surface area (Å²) in [6.07, 6.45) is 9.24. The highest BCUT2D eigenvalue weighted by atomic mass is 16.2. The highest BCUT2D eigenvalue weighted by Gasteiger charge is 2.39. The molecule has 2 aliphatic carbocycles. The number of piperidine rings is 1. The number of fused-ring (bicyclic) bond motifs is 2. The zero-order valence-electron chi connectivity index (χ0n) is 10.7. The maximum absolute atomic E-state index is 12.0. The zero-order valence-corrected chi connectivity index (χ0v) is 10.7. The predicted octanol–water partition coefficient (Wildman–Crippen LogP) is 1.78. The van der Waals surface area contributed by atoms with Crippen LogP contribution in [0.15, 0.2) is 0 Å². The Bertz CT molecular complexity index is 286. The summed E-state index contributed by atoms with van der Waals surface area (Å²) >= 11 is 0. The van der Waals surface area contributed by atoms with Gasteiger partial charge in [0.1, 0.15) is 0 Å². The highest BCUT2D eigenvalue weighted by molar-refractivity contribution is 5.78. The molecule has 1 amide bonds. The molecule has 1 saturated heterocycles. The van der Waals surface area contributed by atoms with E-state index in [4.69, 9.17) is 0 Å². The average Bonchev–Trinajstić information content (AvgIpc) is 2.99. The molecule has 3 rings (SSSR count). The van der Waals surface area contributed by atoms with Crippen LogP contribution in [0.3, 0.4) is 0 Å². The number of hydrogen-bond donors (Lipinski definition) is 1. The second-order valence-electron chi connectivity index (χ2n) is 6.10. The minimum absolute atomic E-state index is 0.326. The van der Waals surface area contributed by atoms with Crippen molar-refractivity contribution in [2.45, 2.75) is 51.0 Å². The molecule has 2 saturated carbocycles. The first-order chi connectivity index (χ1) is 8.33. The maximum atomic E-state index is 12.0. The quantitative estimate of drug-likeness (QED) is 0.810. The summed E-state index contributed by atoms with van der Waals surface area (Å²) in [6, 6.07) is 0.641. The van der Waals surface area contributed by atoms with Gasteiger partial charge in [-0.05, 0) is 50.4 Å². The Morgan fingerprint density at radius 1 is 1.12 bits per heavy atom. The monoisotopic (exact) mass is 236 g/mol. The number of hydrogen-bond acceptors (Lipinski definition) is 2. The van der Waals surface area contributed by atoms with Gasteiger partial charge in [0.15, 0.2) is 0 Å². The predicted molar refractivity (Wildman–Crippen MR) is 67.7 cm³/mol. The molecule has 3 heteroatoms. The van der Waals surface area contributed by atoms with Crippen LogP contribution in [0.5, 0.6) is 0 Å². The summed E-state index contributed by atoms with van der Waals surface area (Å²) in [4.78, 5) is 14.1. The summed E-state index contributed by atoms with van der Waals surface area (Å²) in [5.41, 5.74) is 0. The Kier molecular flexibility index (Phi) is 3.37. The summed E-state index contributed by atoms with van der Waals surface area (Å²) in [7, 11) is 0. The van der Waals surface area contributed by atoms with Crippen LogP contribution >= 0.6 is 0 Å². The van der Waals surface area contributed by atoms with Crippen LogP contribution in [0.1, 0.15) is 44.9 Å². The van der Waals surface area contributed by atoms with Gasteiger partial charge >= 0.3 is 0 Å². The van der Waals surface area contributed by atoms with Crippen molar-refractivity contribution in [2.24, 2.45) is 11.8 Å². The van der Waals surface area contributed by atoms with Crippen LogP contribution in [0.25, 0.3) is 0 Å². The van der Waals surface area contributed by atoms with Gasteiger partial charge in [-0.1, -0.05) is 6.42 Å². The molecule has 3 fully saturated rings. The smallest absolute Gasteiger partial charge is 0.236 e. The molecule has 17 heavy (non-hydrogen) atoms. The number of likely N-dealkylation sites (tertiary alicyclic amines) is 1. The van der Waals surface area contributed by atoms with E-state index in [1.54, 1.807) is 0 Å². The van der Waals surface area contributed by atoms with E-state index in [0.717, 1.165) is 24.9 Å². The second kappa shape index (κ2) is 4.97. The van der Waals surface area contributed by atoms with Crippen molar-refractivity contribution in [1.29, 1.82) is 0 Å². The molecule has 1 N–H and O–H groups in total. The largest absolute Gasteiger partial charge is 0.342 e. The molecule has 0 spiro atoms. The summed E-state index contributed by atoms with van der Waals surface area (Å²) in [6.45, 7) is 2.54. The number of amides is 1. The van der Waals surface area contributed by atoms with Crippen molar-refractivity contribution in [1.82, 2.24) is 10.2 Å². The van der Waals surface area contributed by atoms with Crippen molar-refractivity contribution in [2.75, 3.05) is 19.6 Å². The normalized spacial score (nSPS) is 36.5. The minimum Gasteiger partial charge on any atom is -0.342 e. The lowest BCUT2D eigenvalue weighted by Gasteiger charge is -2.28. The molecular weight excluding hydrogens is 212 g/mol. The molecule has 3 aliphatic rings. The fourth-order valence-electron chi connectivity index (χ4n) is 3.97. The molecule has 3 nitrogen and oxygen atoms in total. The van der Waals surface area contributed by atoms with E-state index in [1.165, 1.54) is 44.9 Å². The van der Waals surface area contributed by atoms with E-state index in [9.17, 15) is 4.79 Å². The van der Waals surface area contributed by atoms with Gasteiger partial charge in [0, 0.05) is 19.1 Å². The fourth-order valence-corrected chi connectivity index (χ4v) is 3.97. The van der Waals surface area contributed by atoms with Gasteiger partial charge in [-0.15, -0.1) is 0 Å². The SMILES string of the molecule is O=C(CNC1CC2CCC1C2)N1CCCCC1. The third-order valence-electron chi connectivity index (χ3n) is 4.96. The van der Waals surface area contributed by atoms with Crippen molar-refractivity contribution >= 4 is 5.91 Å². The first kappa shape index (κ1) is 11.5. The fraction of sp³-hybridized carbons (Fsp3) is 0.929. The lowest BCUT2D eigenvalue weighted by Crippen LogP contribution is -2.45. The molecule has 96 valence electrons. The zero-order chi connectivity index (χ0) is 11.7. The van der Waals surface area contributed by atoms with Gasteiger partial charge in [-0.3, -0.25) is 4.79 Å². The Labute approximate surface area is 104 Å². The molecular formula is C14H24N2O. The standard InChI is InChI=1S/C14H24N2O/c17-14(16-6-2-1-3-7-16)10-15-13-9-11-4-5-12(13)8-11/h11-13,15H,1-10H2. The number of carbonyl (C=O) groups excluding carboxylic acids is 1. The molecule has 3 unspecified atom stereocenters. The first-order valence-electron chi connectivity index (χ1n) is 7.34. The Morgan fingerprint density at radius 2 is 1.94 bits per heavy atom.